The molecule has 0 spiro atoms. The van der Waals surface area contributed by atoms with Crippen LogP contribution in [0, 0.1) is 0 Å². The minimum Gasteiger partial charge on any atom is -1.00 e. The molecule has 4 heteroatoms. The van der Waals surface area contributed by atoms with Crippen molar-refractivity contribution in [2.45, 2.75) is 6.92 Å². The molecular formula is C4H5ClCrO2. The summed E-state index contributed by atoms with van der Waals surface area (Å²) in [7, 11) is 0. The Bertz CT molecular complexity index is 80.0. The zero-order chi connectivity index (χ0) is 5.15. The summed E-state index contributed by atoms with van der Waals surface area (Å²) in [6.45, 7) is 4.48. The first-order valence-electron chi connectivity index (χ1n) is 1.51. The largest absolute Gasteiger partial charge is 2.00 e. The van der Waals surface area contributed by atoms with Gasteiger partial charge in [-0.1, -0.05) is 6.58 Å². The van der Waals surface area contributed by atoms with Gasteiger partial charge in [0, 0.05) is 0 Å². The van der Waals surface area contributed by atoms with Crippen LogP contribution in [0.2, 0.25) is 0 Å². The fourth-order valence-corrected chi connectivity index (χ4v) is 0. The minimum absolute atomic E-state index is 0. The van der Waals surface area contributed by atoms with Crippen molar-refractivity contribution >= 4 is 5.97 Å². The molecule has 0 unspecified atom stereocenters. The number of carboxylic acid groups (broad SMARTS) is 1. The van der Waals surface area contributed by atoms with E-state index in [4.69, 9.17) is 0 Å². The predicted octanol–water partition coefficient (Wildman–Crippen LogP) is -3.69. The van der Waals surface area contributed by atoms with Crippen molar-refractivity contribution in [1.29, 1.82) is 0 Å². The Morgan fingerprint density at radius 1 is 1.62 bits per heavy atom. The summed E-state index contributed by atoms with van der Waals surface area (Å²) in [6.07, 6.45) is 0. The number of carboxylic acids is 1. The van der Waals surface area contributed by atoms with Gasteiger partial charge in [-0.25, -0.2) is 0 Å². The molecule has 0 N–H and O–H groups in total. The van der Waals surface area contributed by atoms with Crippen LogP contribution in [-0.4, -0.2) is 5.97 Å². The minimum atomic E-state index is -1.19. The van der Waals surface area contributed by atoms with Crippen molar-refractivity contribution in [3.8, 4) is 0 Å². The first kappa shape index (κ1) is 15.7. The molecule has 46 valence electrons. The van der Waals surface area contributed by atoms with Crippen molar-refractivity contribution in [1.82, 2.24) is 0 Å². The standard InChI is InChI=1S/C4H6O2.ClH.Cr/c1-3(2)4(5)6;;/h1H2,2H3,(H,5,6);1H;/q;;+2/p-2. The molecule has 0 aromatic carbocycles. The topological polar surface area (TPSA) is 40.1 Å². The molecule has 0 heterocycles. The Balaban J connectivity index is -0.000000125. The number of halogens is 1. The van der Waals surface area contributed by atoms with Gasteiger partial charge in [-0.05, 0) is 12.5 Å². The SMILES string of the molecule is C=C(C)C(=O)[O-].[Cl-].[Cr+2]. The molecule has 0 aliphatic heterocycles. The summed E-state index contributed by atoms with van der Waals surface area (Å²) in [5.74, 6) is -1.19. The number of hydrogen-bond acceptors (Lipinski definition) is 2. The number of hydrogen-bond donors (Lipinski definition) is 0. The summed E-state index contributed by atoms with van der Waals surface area (Å²) in [5.41, 5.74) is 0.0648. The van der Waals surface area contributed by atoms with Gasteiger partial charge < -0.3 is 22.3 Å². The van der Waals surface area contributed by atoms with Crippen LogP contribution >= 0.6 is 0 Å². The third-order valence-electron chi connectivity index (χ3n) is 0.348. The van der Waals surface area contributed by atoms with E-state index in [1.54, 1.807) is 0 Å². The van der Waals surface area contributed by atoms with Gasteiger partial charge in [-0.3, -0.25) is 0 Å². The van der Waals surface area contributed by atoms with Gasteiger partial charge in [0.15, 0.2) is 0 Å². The van der Waals surface area contributed by atoms with E-state index >= 15 is 0 Å². The third-order valence-corrected chi connectivity index (χ3v) is 0.348. The van der Waals surface area contributed by atoms with Gasteiger partial charge in [0.1, 0.15) is 0 Å². The zero-order valence-electron chi connectivity index (χ0n) is 4.31. The van der Waals surface area contributed by atoms with Gasteiger partial charge in [0.05, 0.1) is 5.97 Å². The van der Waals surface area contributed by atoms with Crippen LogP contribution in [0.1, 0.15) is 6.92 Å². The average molecular weight is 173 g/mol. The normalized spacial score (nSPS) is 5.62. The van der Waals surface area contributed by atoms with Gasteiger partial charge in [-0.2, -0.15) is 0 Å². The fraction of sp³-hybridized carbons (Fsp3) is 0.250. The predicted molar refractivity (Wildman–Crippen MR) is 19.8 cm³/mol. The fourth-order valence-electron chi connectivity index (χ4n) is 0. The molecule has 0 aliphatic rings. The van der Waals surface area contributed by atoms with E-state index in [2.05, 4.69) is 6.58 Å². The molecule has 0 saturated carbocycles. The number of rotatable bonds is 1. The van der Waals surface area contributed by atoms with Crippen LogP contribution in [-0.2, 0) is 22.2 Å². The summed E-state index contributed by atoms with van der Waals surface area (Å²) in [6, 6.07) is 0. The second-order valence-corrected chi connectivity index (χ2v) is 1.07. The molecular weight excluding hydrogens is 167 g/mol. The molecule has 0 fully saturated rings. The summed E-state index contributed by atoms with van der Waals surface area (Å²) in [5, 5.41) is 9.49. The maximum Gasteiger partial charge on any atom is 2.00 e. The van der Waals surface area contributed by atoms with Crippen molar-refractivity contribution in [3.63, 3.8) is 0 Å². The van der Waals surface area contributed by atoms with E-state index in [0.717, 1.165) is 0 Å². The molecule has 0 saturated heterocycles. The molecule has 8 heavy (non-hydrogen) atoms. The Morgan fingerprint density at radius 2 is 1.75 bits per heavy atom. The van der Waals surface area contributed by atoms with E-state index in [1.165, 1.54) is 6.92 Å². The quantitative estimate of drug-likeness (QED) is 0.382. The smallest absolute Gasteiger partial charge is 1.00 e. The van der Waals surface area contributed by atoms with E-state index in [1.807, 2.05) is 0 Å². The van der Waals surface area contributed by atoms with Crippen molar-refractivity contribution in [2.75, 3.05) is 0 Å². The molecule has 0 atom stereocenters. The molecule has 0 rings (SSSR count). The Labute approximate surface area is 65.1 Å². The molecule has 0 radical (unpaired) electrons. The van der Waals surface area contributed by atoms with Crippen LogP contribution < -0.4 is 17.5 Å². The molecule has 0 aromatic rings. The molecule has 0 aromatic heterocycles. The maximum absolute atomic E-state index is 9.49. The van der Waals surface area contributed by atoms with Crippen LogP contribution in [0.4, 0.5) is 0 Å². The van der Waals surface area contributed by atoms with E-state index in [9.17, 15) is 9.90 Å². The van der Waals surface area contributed by atoms with Crippen molar-refractivity contribution < 1.29 is 39.7 Å². The van der Waals surface area contributed by atoms with Gasteiger partial charge in [0.25, 0.3) is 0 Å². The van der Waals surface area contributed by atoms with Gasteiger partial charge in [-0.15, -0.1) is 0 Å². The third kappa shape index (κ3) is 9.40. The average Bonchev–Trinajstić information content (AvgIpc) is 1.36. The van der Waals surface area contributed by atoms with Crippen molar-refractivity contribution in [3.05, 3.63) is 12.2 Å². The van der Waals surface area contributed by atoms with E-state index in [0.29, 0.717) is 0 Å². The monoisotopic (exact) mass is 172 g/mol. The number of carbonyl (C=O) groups is 1. The van der Waals surface area contributed by atoms with Crippen LogP contribution in [0.25, 0.3) is 0 Å². The first-order valence-corrected chi connectivity index (χ1v) is 1.51. The van der Waals surface area contributed by atoms with Gasteiger partial charge >= 0.3 is 17.4 Å². The van der Waals surface area contributed by atoms with Crippen LogP contribution in [0.5, 0.6) is 0 Å². The van der Waals surface area contributed by atoms with E-state index < -0.39 is 5.97 Å². The maximum atomic E-state index is 9.49. The summed E-state index contributed by atoms with van der Waals surface area (Å²) >= 11 is 0. The Hall–Kier alpha value is 0.0325. The number of carbonyl (C=O) groups excluding carboxylic acids is 1. The summed E-state index contributed by atoms with van der Waals surface area (Å²) < 4.78 is 0. The van der Waals surface area contributed by atoms with E-state index in [-0.39, 0.29) is 35.3 Å². The molecule has 0 bridgehead atoms. The second kappa shape index (κ2) is 7.03. The number of aliphatic carboxylic acids is 1. The Kier molecular flexibility index (Phi) is 13.8. The first-order chi connectivity index (χ1) is 2.64. The van der Waals surface area contributed by atoms with Crippen LogP contribution in [0.15, 0.2) is 12.2 Å². The Morgan fingerprint density at radius 3 is 1.75 bits per heavy atom. The molecule has 2 nitrogen and oxygen atoms in total. The summed E-state index contributed by atoms with van der Waals surface area (Å²) in [4.78, 5) is 9.49. The van der Waals surface area contributed by atoms with Crippen molar-refractivity contribution in [2.24, 2.45) is 0 Å². The van der Waals surface area contributed by atoms with Gasteiger partial charge in [0.2, 0.25) is 0 Å². The second-order valence-electron chi connectivity index (χ2n) is 1.07. The molecule has 0 aliphatic carbocycles. The zero-order valence-corrected chi connectivity index (χ0v) is 6.34. The molecule has 0 amide bonds. The van der Waals surface area contributed by atoms with Crippen LogP contribution in [0.3, 0.4) is 0 Å².